The molecule has 3 aromatic rings. The SMILES string of the molecule is COC(=O)C1=C(c2ccccc2)[C@@]2(c3ccccc3)ON=C(c3ccccc3)[C@@]2(C(=O)OC)C1=O. The van der Waals surface area contributed by atoms with Crippen molar-refractivity contribution in [3.63, 3.8) is 0 Å². The maximum atomic E-state index is 14.4. The summed E-state index contributed by atoms with van der Waals surface area (Å²) in [6, 6.07) is 26.4. The number of hydrogen-bond donors (Lipinski definition) is 0. The molecule has 0 spiro atoms. The second-order valence-electron chi connectivity index (χ2n) is 8.12. The van der Waals surface area contributed by atoms with E-state index in [-0.39, 0.29) is 16.9 Å². The van der Waals surface area contributed by atoms with Crippen LogP contribution in [0.25, 0.3) is 5.57 Å². The van der Waals surface area contributed by atoms with Crippen LogP contribution in [0, 0.1) is 5.41 Å². The normalized spacial score (nSPS) is 22.8. The van der Waals surface area contributed by atoms with E-state index >= 15 is 0 Å². The highest BCUT2D eigenvalue weighted by Gasteiger charge is 2.79. The monoisotopic (exact) mass is 467 g/mol. The number of hydrogen-bond acceptors (Lipinski definition) is 7. The molecule has 1 aliphatic heterocycles. The topological polar surface area (TPSA) is 91.3 Å². The van der Waals surface area contributed by atoms with Crippen LogP contribution in [0.3, 0.4) is 0 Å². The number of rotatable bonds is 5. The Morgan fingerprint density at radius 3 is 1.86 bits per heavy atom. The lowest BCUT2D eigenvalue weighted by molar-refractivity contribution is -0.162. The van der Waals surface area contributed by atoms with Crippen LogP contribution < -0.4 is 0 Å². The second-order valence-corrected chi connectivity index (χ2v) is 8.12. The van der Waals surface area contributed by atoms with E-state index in [0.717, 1.165) is 0 Å². The average Bonchev–Trinajstić information content (AvgIpc) is 3.39. The minimum atomic E-state index is -2.13. The van der Waals surface area contributed by atoms with E-state index in [0.29, 0.717) is 16.7 Å². The van der Waals surface area contributed by atoms with E-state index in [1.165, 1.54) is 14.2 Å². The van der Waals surface area contributed by atoms with Crippen LogP contribution in [-0.4, -0.2) is 37.7 Å². The van der Waals surface area contributed by atoms with Gasteiger partial charge in [-0.15, -0.1) is 0 Å². The van der Waals surface area contributed by atoms with Gasteiger partial charge < -0.3 is 14.3 Å². The van der Waals surface area contributed by atoms with Crippen molar-refractivity contribution < 1.29 is 28.7 Å². The zero-order valence-corrected chi connectivity index (χ0v) is 19.1. The van der Waals surface area contributed by atoms with E-state index in [9.17, 15) is 14.4 Å². The third kappa shape index (κ3) is 2.84. The zero-order chi connectivity index (χ0) is 24.6. The first-order valence-electron chi connectivity index (χ1n) is 10.9. The van der Waals surface area contributed by atoms with Gasteiger partial charge in [-0.05, 0) is 5.56 Å². The number of ether oxygens (including phenoxy) is 2. The molecule has 0 aromatic heterocycles. The summed E-state index contributed by atoms with van der Waals surface area (Å²) >= 11 is 0. The summed E-state index contributed by atoms with van der Waals surface area (Å²) in [6.45, 7) is 0. The van der Waals surface area contributed by atoms with Crippen molar-refractivity contribution in [2.75, 3.05) is 14.2 Å². The third-order valence-electron chi connectivity index (χ3n) is 6.50. The van der Waals surface area contributed by atoms with Crippen molar-refractivity contribution in [1.29, 1.82) is 0 Å². The van der Waals surface area contributed by atoms with Crippen LogP contribution in [0.5, 0.6) is 0 Å². The summed E-state index contributed by atoms with van der Waals surface area (Å²) in [6.07, 6.45) is 0. The molecule has 174 valence electrons. The van der Waals surface area contributed by atoms with Crippen LogP contribution in [-0.2, 0) is 34.3 Å². The van der Waals surface area contributed by atoms with Crippen LogP contribution >= 0.6 is 0 Å². The smallest absolute Gasteiger partial charge is 0.342 e. The Morgan fingerprint density at radius 2 is 1.31 bits per heavy atom. The molecule has 2 atom stereocenters. The minimum Gasteiger partial charge on any atom is -0.468 e. The molecular weight excluding hydrogens is 446 g/mol. The molecule has 7 heteroatoms. The first-order chi connectivity index (χ1) is 17.0. The fourth-order valence-corrected chi connectivity index (χ4v) is 5.08. The molecule has 1 heterocycles. The molecule has 35 heavy (non-hydrogen) atoms. The zero-order valence-electron chi connectivity index (χ0n) is 19.1. The van der Waals surface area contributed by atoms with Crippen LogP contribution in [0.4, 0.5) is 0 Å². The fourth-order valence-electron chi connectivity index (χ4n) is 5.08. The van der Waals surface area contributed by atoms with Crippen molar-refractivity contribution in [1.82, 2.24) is 0 Å². The van der Waals surface area contributed by atoms with Gasteiger partial charge in [0.15, 0.2) is 5.78 Å². The molecule has 0 amide bonds. The lowest BCUT2D eigenvalue weighted by Crippen LogP contribution is -2.56. The lowest BCUT2D eigenvalue weighted by Gasteiger charge is -2.37. The second kappa shape index (κ2) is 8.36. The number of esters is 2. The number of ketones is 1. The number of methoxy groups -OCH3 is 2. The van der Waals surface area contributed by atoms with Gasteiger partial charge in [-0.3, -0.25) is 9.59 Å². The van der Waals surface area contributed by atoms with E-state index < -0.39 is 28.7 Å². The highest BCUT2D eigenvalue weighted by atomic mass is 16.7. The Kier molecular flexibility index (Phi) is 5.32. The van der Waals surface area contributed by atoms with Crippen molar-refractivity contribution in [2.24, 2.45) is 10.6 Å². The maximum absolute atomic E-state index is 14.4. The molecule has 5 rings (SSSR count). The molecule has 0 N–H and O–H groups in total. The van der Waals surface area contributed by atoms with Crippen LogP contribution in [0.1, 0.15) is 16.7 Å². The summed E-state index contributed by atoms with van der Waals surface area (Å²) in [4.78, 5) is 47.6. The molecule has 0 saturated heterocycles. The summed E-state index contributed by atoms with van der Waals surface area (Å²) in [5, 5.41) is 4.33. The highest BCUT2D eigenvalue weighted by Crippen LogP contribution is 2.64. The molecule has 0 fully saturated rings. The van der Waals surface area contributed by atoms with Gasteiger partial charge >= 0.3 is 11.9 Å². The van der Waals surface area contributed by atoms with E-state index in [2.05, 4.69) is 5.16 Å². The average molecular weight is 467 g/mol. The Balaban J connectivity index is 1.95. The molecule has 3 aromatic carbocycles. The number of carbonyl (C=O) groups is 3. The minimum absolute atomic E-state index is 0.0612. The van der Waals surface area contributed by atoms with Gasteiger partial charge in [-0.2, -0.15) is 0 Å². The van der Waals surface area contributed by atoms with E-state index in [1.54, 1.807) is 84.9 Å². The van der Waals surface area contributed by atoms with Gasteiger partial charge in [0.25, 0.3) is 0 Å². The first-order valence-corrected chi connectivity index (χ1v) is 10.9. The first kappa shape index (κ1) is 22.3. The Morgan fingerprint density at radius 1 is 0.771 bits per heavy atom. The van der Waals surface area contributed by atoms with E-state index in [4.69, 9.17) is 14.3 Å². The van der Waals surface area contributed by atoms with E-state index in [1.807, 2.05) is 6.07 Å². The highest BCUT2D eigenvalue weighted by molar-refractivity contribution is 6.44. The maximum Gasteiger partial charge on any atom is 0.342 e. The Bertz CT molecular complexity index is 1380. The lowest BCUT2D eigenvalue weighted by atomic mass is 9.63. The number of oxime groups is 1. The Hall–Kier alpha value is -4.52. The third-order valence-corrected chi connectivity index (χ3v) is 6.50. The molecular formula is C28H21NO6. The van der Waals surface area contributed by atoms with Crippen molar-refractivity contribution >= 4 is 29.0 Å². The molecule has 0 bridgehead atoms. The predicted octanol–water partition coefficient (Wildman–Crippen LogP) is 3.69. The van der Waals surface area contributed by atoms with Gasteiger partial charge in [0.05, 0.1) is 14.2 Å². The number of carbonyl (C=O) groups excluding carboxylic acids is 3. The van der Waals surface area contributed by atoms with Gasteiger partial charge in [-0.1, -0.05) is 96.2 Å². The number of fused-ring (bicyclic) bond motifs is 1. The number of benzene rings is 3. The summed E-state index contributed by atoms with van der Waals surface area (Å²) in [5.41, 5.74) is -2.49. The summed E-state index contributed by atoms with van der Waals surface area (Å²) in [5.74, 6) is -2.56. The largest absolute Gasteiger partial charge is 0.468 e. The molecule has 2 aliphatic rings. The quantitative estimate of drug-likeness (QED) is 0.323. The predicted molar refractivity (Wildman–Crippen MR) is 127 cm³/mol. The van der Waals surface area contributed by atoms with Crippen LogP contribution in [0.2, 0.25) is 0 Å². The van der Waals surface area contributed by atoms with Crippen LogP contribution in [0.15, 0.2) is 102 Å². The fraction of sp³-hybridized carbons (Fsp3) is 0.143. The van der Waals surface area contributed by atoms with Gasteiger partial charge in [0.1, 0.15) is 11.3 Å². The number of Topliss-reactive ketones (excluding diaryl/α,β-unsaturated/α-hetero) is 1. The molecule has 1 aliphatic carbocycles. The van der Waals surface area contributed by atoms with Gasteiger partial charge in [-0.25, -0.2) is 4.79 Å². The molecule has 0 radical (unpaired) electrons. The summed E-state index contributed by atoms with van der Waals surface area (Å²) in [7, 11) is 2.38. The standard InChI is InChI=1S/C28H21NO6/c1-33-25(31)21-22(18-12-6-3-7-13-18)28(20-16-10-5-11-17-20)27(24(21)30,26(32)34-2)23(29-35-28)19-14-8-4-9-15-19/h3-17H,1-2H3/t27-,28+/m0/s1. The van der Waals surface area contributed by atoms with Crippen molar-refractivity contribution in [3.05, 3.63) is 113 Å². The molecule has 7 nitrogen and oxygen atoms in total. The molecule has 0 saturated carbocycles. The van der Waals surface area contributed by atoms with Gasteiger partial charge in [0, 0.05) is 16.7 Å². The van der Waals surface area contributed by atoms with Gasteiger partial charge in [0.2, 0.25) is 11.0 Å². The number of nitrogens with zero attached hydrogens (tertiary/aromatic N) is 1. The summed E-state index contributed by atoms with van der Waals surface area (Å²) < 4.78 is 10.3. The molecule has 0 unspecified atom stereocenters. The Labute approximate surface area is 201 Å². The van der Waals surface area contributed by atoms with Crippen molar-refractivity contribution in [3.8, 4) is 0 Å². The van der Waals surface area contributed by atoms with Crippen molar-refractivity contribution in [2.45, 2.75) is 5.60 Å².